The molecule has 0 radical (unpaired) electrons. The molecule has 4 heteroatoms. The van der Waals surface area contributed by atoms with Crippen molar-refractivity contribution in [2.75, 3.05) is 0 Å². The minimum atomic E-state index is -0.749. The monoisotopic (exact) mass is 228 g/mol. The highest BCUT2D eigenvalue weighted by molar-refractivity contribution is 7.80. The van der Waals surface area contributed by atoms with Crippen LogP contribution in [0.1, 0.15) is 46.5 Å². The van der Waals surface area contributed by atoms with Crippen molar-refractivity contribution < 1.29 is 4.79 Å². The third-order valence-corrected chi connectivity index (χ3v) is 3.82. The molecule has 0 spiro atoms. The Kier molecular flexibility index (Phi) is 3.38. The molecule has 1 amide bonds. The molecule has 3 N–H and O–H groups in total. The van der Waals surface area contributed by atoms with E-state index in [1.54, 1.807) is 13.8 Å². The summed E-state index contributed by atoms with van der Waals surface area (Å²) in [6.07, 6.45) is 4.47. The Bertz CT molecular complexity index is 280. The maximum Gasteiger partial charge on any atom is 0.232 e. The molecule has 1 rings (SSSR count). The molecule has 0 aromatic carbocycles. The van der Waals surface area contributed by atoms with Crippen molar-refractivity contribution in [2.45, 2.75) is 52.0 Å². The summed E-state index contributed by atoms with van der Waals surface area (Å²) >= 11 is 4.90. The molecule has 0 saturated heterocycles. The average molecular weight is 228 g/mol. The first-order chi connectivity index (χ1) is 6.78. The summed E-state index contributed by atoms with van der Waals surface area (Å²) in [5, 5.41) is 3.07. The van der Waals surface area contributed by atoms with Gasteiger partial charge in [-0.15, -0.1) is 0 Å². The maximum absolute atomic E-state index is 12.0. The molecule has 1 aliphatic carbocycles. The summed E-state index contributed by atoms with van der Waals surface area (Å²) in [5.41, 5.74) is 4.75. The van der Waals surface area contributed by atoms with Crippen LogP contribution in [0, 0.1) is 5.41 Å². The van der Waals surface area contributed by atoms with Gasteiger partial charge in [0.15, 0.2) is 0 Å². The van der Waals surface area contributed by atoms with Crippen molar-refractivity contribution in [2.24, 2.45) is 11.1 Å². The number of carbonyl (C=O) groups is 1. The van der Waals surface area contributed by atoms with Crippen LogP contribution in [0.5, 0.6) is 0 Å². The molecular formula is C11H20N2OS. The normalized spacial score (nSPS) is 19.9. The Hall–Kier alpha value is -0.640. The molecule has 86 valence electrons. The predicted molar refractivity (Wildman–Crippen MR) is 65.6 cm³/mol. The number of thiocarbonyl (C=S) groups is 1. The SMILES string of the molecule is CC1(NC(=O)C(C)(C)C(N)=S)CCCC1. The molecule has 0 aromatic heterocycles. The Morgan fingerprint density at radius 1 is 1.40 bits per heavy atom. The molecule has 0 aromatic rings. The first-order valence-electron chi connectivity index (χ1n) is 5.40. The Morgan fingerprint density at radius 3 is 2.27 bits per heavy atom. The van der Waals surface area contributed by atoms with E-state index in [1.165, 1.54) is 12.8 Å². The largest absolute Gasteiger partial charge is 0.392 e. The van der Waals surface area contributed by atoms with E-state index in [2.05, 4.69) is 12.2 Å². The highest BCUT2D eigenvalue weighted by Gasteiger charge is 2.37. The number of hydrogen-bond acceptors (Lipinski definition) is 2. The molecule has 1 fully saturated rings. The smallest absolute Gasteiger partial charge is 0.232 e. The van der Waals surface area contributed by atoms with Crippen molar-refractivity contribution >= 4 is 23.1 Å². The molecule has 0 bridgehead atoms. The lowest BCUT2D eigenvalue weighted by Crippen LogP contribution is -2.52. The average Bonchev–Trinajstić information content (AvgIpc) is 2.51. The number of amides is 1. The third-order valence-electron chi connectivity index (χ3n) is 3.31. The molecule has 15 heavy (non-hydrogen) atoms. The molecule has 0 heterocycles. The lowest BCUT2D eigenvalue weighted by atomic mass is 9.90. The summed E-state index contributed by atoms with van der Waals surface area (Å²) in [4.78, 5) is 12.2. The molecular weight excluding hydrogens is 208 g/mol. The number of nitrogens with two attached hydrogens (primary N) is 1. The van der Waals surface area contributed by atoms with Gasteiger partial charge in [-0.2, -0.15) is 0 Å². The van der Waals surface area contributed by atoms with Crippen LogP contribution in [0.4, 0.5) is 0 Å². The van der Waals surface area contributed by atoms with Crippen LogP contribution in [0.25, 0.3) is 0 Å². The Balaban J connectivity index is 2.66. The Labute approximate surface area is 96.8 Å². The molecule has 0 atom stereocenters. The van der Waals surface area contributed by atoms with Crippen LogP contribution in [-0.4, -0.2) is 16.4 Å². The van der Waals surface area contributed by atoms with Crippen molar-refractivity contribution in [1.29, 1.82) is 0 Å². The molecule has 1 aliphatic rings. The van der Waals surface area contributed by atoms with Crippen LogP contribution < -0.4 is 11.1 Å². The van der Waals surface area contributed by atoms with Crippen molar-refractivity contribution in [3.05, 3.63) is 0 Å². The molecule has 1 saturated carbocycles. The van der Waals surface area contributed by atoms with Gasteiger partial charge in [0.2, 0.25) is 5.91 Å². The second-order valence-electron chi connectivity index (χ2n) is 5.21. The fourth-order valence-electron chi connectivity index (χ4n) is 1.82. The zero-order valence-electron chi connectivity index (χ0n) is 9.72. The molecule has 0 unspecified atom stereocenters. The van der Waals surface area contributed by atoms with E-state index < -0.39 is 5.41 Å². The fourth-order valence-corrected chi connectivity index (χ4v) is 1.92. The first-order valence-corrected chi connectivity index (χ1v) is 5.81. The summed E-state index contributed by atoms with van der Waals surface area (Å²) in [6.45, 7) is 5.62. The number of carbonyl (C=O) groups excluding carboxylic acids is 1. The molecule has 0 aliphatic heterocycles. The van der Waals surface area contributed by atoms with E-state index in [0.29, 0.717) is 0 Å². The van der Waals surface area contributed by atoms with Crippen LogP contribution >= 0.6 is 12.2 Å². The quantitative estimate of drug-likeness (QED) is 0.724. The predicted octanol–water partition coefficient (Wildman–Crippen LogP) is 1.75. The van der Waals surface area contributed by atoms with Gasteiger partial charge in [-0.05, 0) is 33.6 Å². The van der Waals surface area contributed by atoms with Gasteiger partial charge >= 0.3 is 0 Å². The topological polar surface area (TPSA) is 55.1 Å². The Morgan fingerprint density at radius 2 is 1.87 bits per heavy atom. The highest BCUT2D eigenvalue weighted by atomic mass is 32.1. The van der Waals surface area contributed by atoms with Gasteiger partial charge < -0.3 is 11.1 Å². The summed E-state index contributed by atoms with van der Waals surface area (Å²) < 4.78 is 0. The first kappa shape index (κ1) is 12.4. The van der Waals surface area contributed by atoms with E-state index in [0.717, 1.165) is 12.8 Å². The van der Waals surface area contributed by atoms with Gasteiger partial charge in [0.05, 0.1) is 10.4 Å². The minimum Gasteiger partial charge on any atom is -0.392 e. The fraction of sp³-hybridized carbons (Fsp3) is 0.818. The summed E-state index contributed by atoms with van der Waals surface area (Å²) in [5.74, 6) is -0.0561. The zero-order chi connectivity index (χ0) is 11.7. The maximum atomic E-state index is 12.0. The lowest BCUT2D eigenvalue weighted by molar-refractivity contribution is -0.128. The van der Waals surface area contributed by atoms with E-state index in [9.17, 15) is 4.79 Å². The van der Waals surface area contributed by atoms with Crippen LogP contribution in [0.3, 0.4) is 0 Å². The number of hydrogen-bond donors (Lipinski definition) is 2. The molecule has 3 nitrogen and oxygen atoms in total. The van der Waals surface area contributed by atoms with Gasteiger partial charge in [-0.3, -0.25) is 4.79 Å². The number of nitrogens with one attached hydrogen (secondary N) is 1. The lowest BCUT2D eigenvalue weighted by Gasteiger charge is -2.31. The van der Waals surface area contributed by atoms with E-state index in [1.807, 2.05) is 0 Å². The van der Waals surface area contributed by atoms with Crippen molar-refractivity contribution in [1.82, 2.24) is 5.32 Å². The van der Waals surface area contributed by atoms with Gasteiger partial charge in [0.25, 0.3) is 0 Å². The standard InChI is InChI=1S/C11H20N2OS/c1-10(2,8(12)15)9(14)13-11(3)6-4-5-7-11/h4-7H2,1-3H3,(H2,12,15)(H,13,14). The van der Waals surface area contributed by atoms with Crippen LogP contribution in [0.15, 0.2) is 0 Å². The van der Waals surface area contributed by atoms with Gasteiger partial charge in [-0.1, -0.05) is 25.1 Å². The van der Waals surface area contributed by atoms with Crippen LogP contribution in [-0.2, 0) is 4.79 Å². The third kappa shape index (κ3) is 2.68. The second kappa shape index (κ2) is 4.08. The van der Waals surface area contributed by atoms with Gasteiger partial charge in [0.1, 0.15) is 0 Å². The van der Waals surface area contributed by atoms with Gasteiger partial charge in [0, 0.05) is 5.54 Å². The summed E-state index contributed by atoms with van der Waals surface area (Å²) in [6, 6.07) is 0. The summed E-state index contributed by atoms with van der Waals surface area (Å²) in [7, 11) is 0. The van der Waals surface area contributed by atoms with E-state index >= 15 is 0 Å². The van der Waals surface area contributed by atoms with Crippen LogP contribution in [0.2, 0.25) is 0 Å². The van der Waals surface area contributed by atoms with Gasteiger partial charge in [-0.25, -0.2) is 0 Å². The van der Waals surface area contributed by atoms with E-state index in [4.69, 9.17) is 18.0 Å². The second-order valence-corrected chi connectivity index (χ2v) is 5.65. The highest BCUT2D eigenvalue weighted by Crippen LogP contribution is 2.30. The number of rotatable bonds is 3. The van der Waals surface area contributed by atoms with Crippen molar-refractivity contribution in [3.63, 3.8) is 0 Å². The minimum absolute atomic E-state index is 0.0561. The zero-order valence-corrected chi connectivity index (χ0v) is 10.5. The van der Waals surface area contributed by atoms with E-state index in [-0.39, 0.29) is 16.4 Å². The van der Waals surface area contributed by atoms with Crippen molar-refractivity contribution in [3.8, 4) is 0 Å².